The molecule has 0 saturated heterocycles. The average molecular weight is 345 g/mol. The van der Waals surface area contributed by atoms with Crippen LogP contribution in [0.15, 0.2) is 59.9 Å². The zero-order valence-electron chi connectivity index (χ0n) is 13.2. The number of nitrogens with one attached hydrogen (secondary N) is 1. The van der Waals surface area contributed by atoms with Gasteiger partial charge in [0, 0.05) is 12.3 Å². The molecule has 1 aromatic heterocycles. The number of anilines is 1. The number of benzene rings is 2. The van der Waals surface area contributed by atoms with E-state index in [1.165, 1.54) is 30.6 Å². The van der Waals surface area contributed by atoms with E-state index in [0.29, 0.717) is 5.69 Å². The van der Waals surface area contributed by atoms with Crippen LogP contribution in [-0.2, 0) is 10.0 Å². The van der Waals surface area contributed by atoms with Gasteiger partial charge in [0.2, 0.25) is 0 Å². The van der Waals surface area contributed by atoms with E-state index in [4.69, 9.17) is 0 Å². The summed E-state index contributed by atoms with van der Waals surface area (Å²) in [5, 5.41) is 0. The fourth-order valence-corrected chi connectivity index (χ4v) is 3.31. The van der Waals surface area contributed by atoms with Gasteiger partial charge in [0.05, 0.1) is 28.3 Å². The van der Waals surface area contributed by atoms with Gasteiger partial charge in [-0.05, 0) is 38.1 Å². The lowest BCUT2D eigenvalue weighted by Crippen LogP contribution is -2.13. The van der Waals surface area contributed by atoms with Crippen LogP contribution >= 0.6 is 0 Å². The Kier molecular flexibility index (Phi) is 4.11. The molecule has 2 aromatic carbocycles. The molecule has 0 aliphatic rings. The Balaban J connectivity index is 1.88. The van der Waals surface area contributed by atoms with Crippen molar-refractivity contribution < 1.29 is 12.8 Å². The van der Waals surface area contributed by atoms with Crippen LogP contribution < -0.4 is 4.72 Å². The number of imidazole rings is 1. The summed E-state index contributed by atoms with van der Waals surface area (Å²) in [5.74, 6) is -0.545. The van der Waals surface area contributed by atoms with Gasteiger partial charge in [-0.25, -0.2) is 17.8 Å². The van der Waals surface area contributed by atoms with Crippen molar-refractivity contribution in [2.45, 2.75) is 18.7 Å². The molecule has 3 rings (SSSR count). The number of halogens is 1. The van der Waals surface area contributed by atoms with Gasteiger partial charge < -0.3 is 4.57 Å². The van der Waals surface area contributed by atoms with Crippen LogP contribution in [0.3, 0.4) is 0 Å². The standard InChI is InChI=1S/C17H16FN3O2S/c1-12-3-6-15(7-4-12)24(22,23)20-14-5-8-17(16(18)9-14)21-10-13(2)19-11-21/h3-11,20H,1-2H3. The SMILES string of the molecule is Cc1ccc(S(=O)(=O)Nc2ccc(-n3cnc(C)c3)c(F)c2)cc1. The van der Waals surface area contributed by atoms with Gasteiger partial charge in [0.25, 0.3) is 10.0 Å². The fourth-order valence-electron chi connectivity index (χ4n) is 2.26. The Morgan fingerprint density at radius 3 is 2.38 bits per heavy atom. The number of rotatable bonds is 4. The molecule has 1 N–H and O–H groups in total. The lowest BCUT2D eigenvalue weighted by molar-refractivity contribution is 0.601. The van der Waals surface area contributed by atoms with E-state index < -0.39 is 15.8 Å². The van der Waals surface area contributed by atoms with Crippen molar-refractivity contribution in [2.75, 3.05) is 4.72 Å². The zero-order valence-corrected chi connectivity index (χ0v) is 14.0. The van der Waals surface area contributed by atoms with Gasteiger partial charge in [-0.3, -0.25) is 4.72 Å². The highest BCUT2D eigenvalue weighted by atomic mass is 32.2. The second-order valence-electron chi connectivity index (χ2n) is 5.51. The van der Waals surface area contributed by atoms with Crippen LogP contribution in [-0.4, -0.2) is 18.0 Å². The van der Waals surface area contributed by atoms with Crippen LogP contribution in [0.5, 0.6) is 0 Å². The summed E-state index contributed by atoms with van der Waals surface area (Å²) in [6.07, 6.45) is 3.19. The Bertz CT molecular complexity index is 979. The van der Waals surface area contributed by atoms with E-state index in [0.717, 1.165) is 17.3 Å². The van der Waals surface area contributed by atoms with Gasteiger partial charge >= 0.3 is 0 Å². The largest absolute Gasteiger partial charge is 0.303 e. The summed E-state index contributed by atoms with van der Waals surface area (Å²) < 4.78 is 42.9. The Labute approximate surface area is 139 Å². The highest BCUT2D eigenvalue weighted by Gasteiger charge is 2.15. The van der Waals surface area contributed by atoms with Crippen LogP contribution in [0.25, 0.3) is 5.69 Å². The monoisotopic (exact) mass is 345 g/mol. The molecule has 0 aliphatic heterocycles. The number of hydrogen-bond donors (Lipinski definition) is 1. The first-order valence-electron chi connectivity index (χ1n) is 7.25. The van der Waals surface area contributed by atoms with Crippen molar-refractivity contribution in [3.8, 4) is 5.69 Å². The maximum Gasteiger partial charge on any atom is 0.261 e. The summed E-state index contributed by atoms with van der Waals surface area (Å²) >= 11 is 0. The Morgan fingerprint density at radius 1 is 1.08 bits per heavy atom. The molecule has 0 bridgehead atoms. The third-order valence-electron chi connectivity index (χ3n) is 3.52. The van der Waals surface area contributed by atoms with Crippen LogP contribution in [0.2, 0.25) is 0 Å². The molecule has 0 unspecified atom stereocenters. The minimum absolute atomic E-state index is 0.128. The van der Waals surface area contributed by atoms with E-state index in [1.807, 2.05) is 6.92 Å². The molecule has 24 heavy (non-hydrogen) atoms. The summed E-state index contributed by atoms with van der Waals surface area (Å²) in [7, 11) is -3.76. The number of sulfonamides is 1. The average Bonchev–Trinajstić information content (AvgIpc) is 2.93. The maximum atomic E-state index is 14.3. The van der Waals surface area contributed by atoms with Gasteiger partial charge in [-0.15, -0.1) is 0 Å². The van der Waals surface area contributed by atoms with Crippen molar-refractivity contribution in [3.05, 3.63) is 72.1 Å². The molecule has 124 valence electrons. The van der Waals surface area contributed by atoms with Crippen molar-refractivity contribution in [3.63, 3.8) is 0 Å². The molecule has 5 nitrogen and oxygen atoms in total. The molecule has 0 radical (unpaired) electrons. The van der Waals surface area contributed by atoms with Gasteiger partial charge in [0.1, 0.15) is 5.82 Å². The fraction of sp³-hybridized carbons (Fsp3) is 0.118. The third kappa shape index (κ3) is 3.30. The van der Waals surface area contributed by atoms with Crippen molar-refractivity contribution in [1.82, 2.24) is 9.55 Å². The molecular formula is C17H16FN3O2S. The number of nitrogens with zero attached hydrogens (tertiary/aromatic N) is 2. The molecule has 0 spiro atoms. The van der Waals surface area contributed by atoms with Crippen molar-refractivity contribution >= 4 is 15.7 Å². The van der Waals surface area contributed by atoms with E-state index in [1.54, 1.807) is 29.8 Å². The van der Waals surface area contributed by atoms with Crippen molar-refractivity contribution in [1.29, 1.82) is 0 Å². The lowest BCUT2D eigenvalue weighted by atomic mass is 10.2. The summed E-state index contributed by atoms with van der Waals surface area (Å²) in [5.41, 5.74) is 2.18. The second-order valence-corrected chi connectivity index (χ2v) is 7.19. The molecule has 0 aliphatic carbocycles. The third-order valence-corrected chi connectivity index (χ3v) is 4.92. The van der Waals surface area contributed by atoms with Crippen LogP contribution in [0, 0.1) is 19.7 Å². The summed E-state index contributed by atoms with van der Waals surface area (Å²) in [6.45, 7) is 3.67. The van der Waals surface area contributed by atoms with Crippen molar-refractivity contribution in [2.24, 2.45) is 0 Å². The minimum Gasteiger partial charge on any atom is -0.303 e. The molecule has 3 aromatic rings. The molecule has 7 heteroatoms. The van der Waals surface area contributed by atoms with Gasteiger partial charge in [-0.2, -0.15) is 0 Å². The second kappa shape index (κ2) is 6.09. The van der Waals surface area contributed by atoms with Crippen LogP contribution in [0.4, 0.5) is 10.1 Å². The normalized spacial score (nSPS) is 11.5. The molecule has 0 atom stereocenters. The first kappa shape index (κ1) is 16.2. The number of aromatic nitrogens is 2. The highest BCUT2D eigenvalue weighted by Crippen LogP contribution is 2.21. The molecule has 0 fully saturated rings. The first-order chi connectivity index (χ1) is 11.3. The summed E-state index contributed by atoms with van der Waals surface area (Å²) in [4.78, 5) is 4.18. The number of aryl methyl sites for hydroxylation is 2. The zero-order chi connectivity index (χ0) is 17.3. The van der Waals surface area contributed by atoms with Gasteiger partial charge in [-0.1, -0.05) is 17.7 Å². The molecular weight excluding hydrogens is 329 g/mol. The van der Waals surface area contributed by atoms with E-state index >= 15 is 0 Å². The van der Waals surface area contributed by atoms with E-state index in [-0.39, 0.29) is 10.6 Å². The molecule has 1 heterocycles. The predicted molar refractivity (Wildman–Crippen MR) is 90.2 cm³/mol. The topological polar surface area (TPSA) is 64.0 Å². The smallest absolute Gasteiger partial charge is 0.261 e. The lowest BCUT2D eigenvalue weighted by Gasteiger charge is -2.10. The van der Waals surface area contributed by atoms with E-state index in [2.05, 4.69) is 9.71 Å². The Hall–Kier alpha value is -2.67. The maximum absolute atomic E-state index is 14.3. The minimum atomic E-state index is -3.76. The quantitative estimate of drug-likeness (QED) is 0.788. The van der Waals surface area contributed by atoms with E-state index in [9.17, 15) is 12.8 Å². The summed E-state index contributed by atoms with van der Waals surface area (Å²) in [6, 6.07) is 10.6. The number of hydrogen-bond acceptors (Lipinski definition) is 3. The van der Waals surface area contributed by atoms with Gasteiger partial charge in [0.15, 0.2) is 0 Å². The highest BCUT2D eigenvalue weighted by molar-refractivity contribution is 7.92. The molecule has 0 amide bonds. The first-order valence-corrected chi connectivity index (χ1v) is 8.73. The molecule has 0 saturated carbocycles. The predicted octanol–water partition coefficient (Wildman–Crippen LogP) is 3.43. The Morgan fingerprint density at radius 2 is 1.79 bits per heavy atom. The van der Waals surface area contributed by atoms with Crippen LogP contribution in [0.1, 0.15) is 11.3 Å².